The Morgan fingerprint density at radius 1 is 0.882 bits per heavy atom. The molecule has 0 atom stereocenters. The minimum atomic E-state index is -1.30. The summed E-state index contributed by atoms with van der Waals surface area (Å²) in [7, 11) is 0. The number of fused-ring (bicyclic) bond motifs is 1. The van der Waals surface area contributed by atoms with Gasteiger partial charge < -0.3 is 15.3 Å². The Kier molecular flexibility index (Phi) is 2.44. The number of carboxylic acid groups (broad SMARTS) is 2. The molecule has 2 aromatic carbocycles. The monoisotopic (exact) mass is 232 g/mol. The third-order valence-corrected chi connectivity index (χ3v) is 2.48. The Hall–Kier alpha value is -2.56. The van der Waals surface area contributed by atoms with Crippen molar-refractivity contribution in [2.24, 2.45) is 0 Å². The number of hydrogen-bond acceptors (Lipinski definition) is 3. The number of carboxylic acids is 2. The molecule has 0 aromatic heterocycles. The summed E-state index contributed by atoms with van der Waals surface area (Å²) in [6.07, 6.45) is 0. The molecule has 0 aliphatic heterocycles. The van der Waals surface area contributed by atoms with Crippen molar-refractivity contribution in [2.45, 2.75) is 0 Å². The topological polar surface area (TPSA) is 94.8 Å². The number of phenols is 1. The van der Waals surface area contributed by atoms with Crippen LogP contribution in [0.1, 0.15) is 20.7 Å². The lowest BCUT2D eigenvalue weighted by Crippen LogP contribution is -2.02. The van der Waals surface area contributed by atoms with E-state index in [4.69, 9.17) is 10.2 Å². The molecule has 0 aliphatic carbocycles. The normalized spacial score (nSPS) is 10.4. The van der Waals surface area contributed by atoms with Crippen LogP contribution < -0.4 is 0 Å². The summed E-state index contributed by atoms with van der Waals surface area (Å²) in [5, 5.41) is 27.9. The van der Waals surface area contributed by atoms with Crippen molar-refractivity contribution in [3.05, 3.63) is 41.5 Å². The zero-order valence-electron chi connectivity index (χ0n) is 8.54. The standard InChI is InChI=1S/C12H8O5/c13-9-5-4-6-7(10(9)12(16)17)2-1-3-8(6)11(14)15/h1-5,13H,(H,14,15)(H,16,17). The van der Waals surface area contributed by atoms with Crippen LogP contribution in [-0.2, 0) is 0 Å². The molecule has 17 heavy (non-hydrogen) atoms. The molecule has 0 radical (unpaired) electrons. The van der Waals surface area contributed by atoms with Gasteiger partial charge in [0.1, 0.15) is 11.3 Å². The van der Waals surface area contributed by atoms with Crippen LogP contribution in [0.4, 0.5) is 0 Å². The molecule has 0 saturated carbocycles. The fourth-order valence-electron chi connectivity index (χ4n) is 1.76. The smallest absolute Gasteiger partial charge is 0.340 e. The minimum absolute atomic E-state index is 0.00463. The summed E-state index contributed by atoms with van der Waals surface area (Å²) in [5.41, 5.74) is -0.282. The van der Waals surface area contributed by atoms with E-state index in [1.165, 1.54) is 30.3 Å². The average molecular weight is 232 g/mol. The van der Waals surface area contributed by atoms with E-state index >= 15 is 0 Å². The number of rotatable bonds is 2. The quantitative estimate of drug-likeness (QED) is 0.735. The third-order valence-electron chi connectivity index (χ3n) is 2.48. The number of aromatic hydroxyl groups is 1. The van der Waals surface area contributed by atoms with Gasteiger partial charge in [-0.3, -0.25) is 0 Å². The highest BCUT2D eigenvalue weighted by atomic mass is 16.4. The second-order valence-corrected chi connectivity index (χ2v) is 3.47. The summed E-state index contributed by atoms with van der Waals surface area (Å²) >= 11 is 0. The predicted octanol–water partition coefficient (Wildman–Crippen LogP) is 1.94. The first-order valence-electron chi connectivity index (χ1n) is 4.73. The first-order valence-corrected chi connectivity index (χ1v) is 4.73. The number of benzene rings is 2. The van der Waals surface area contributed by atoms with Gasteiger partial charge in [-0.2, -0.15) is 0 Å². The molecule has 0 fully saturated rings. The molecule has 3 N–H and O–H groups in total. The Bertz CT molecular complexity index is 630. The van der Waals surface area contributed by atoms with Gasteiger partial charge in [-0.15, -0.1) is 0 Å². The summed E-state index contributed by atoms with van der Waals surface area (Å²) in [4.78, 5) is 22.0. The van der Waals surface area contributed by atoms with E-state index in [0.717, 1.165) is 0 Å². The van der Waals surface area contributed by atoms with Gasteiger partial charge in [-0.05, 0) is 23.6 Å². The third kappa shape index (κ3) is 1.67. The summed E-state index contributed by atoms with van der Waals surface area (Å²) in [5.74, 6) is -2.82. The Balaban J connectivity index is 2.93. The SMILES string of the molecule is O=C(O)c1cccc2c(C(=O)O)c(O)ccc12. The fourth-order valence-corrected chi connectivity index (χ4v) is 1.76. The van der Waals surface area contributed by atoms with Crippen molar-refractivity contribution in [3.63, 3.8) is 0 Å². The van der Waals surface area contributed by atoms with E-state index < -0.39 is 11.9 Å². The molecule has 2 rings (SSSR count). The predicted molar refractivity (Wildman–Crippen MR) is 59.5 cm³/mol. The molecule has 86 valence electrons. The highest BCUT2D eigenvalue weighted by Gasteiger charge is 2.17. The van der Waals surface area contributed by atoms with Crippen LogP contribution >= 0.6 is 0 Å². The van der Waals surface area contributed by atoms with Crippen LogP contribution in [0.3, 0.4) is 0 Å². The molecule has 0 saturated heterocycles. The molecule has 2 aromatic rings. The maximum atomic E-state index is 11.0. The maximum Gasteiger partial charge on any atom is 0.340 e. The van der Waals surface area contributed by atoms with Gasteiger partial charge >= 0.3 is 11.9 Å². The molecule has 5 heteroatoms. The molecule has 0 aliphatic rings. The lowest BCUT2D eigenvalue weighted by atomic mass is 9.99. The first kappa shape index (κ1) is 10.9. The second-order valence-electron chi connectivity index (χ2n) is 3.47. The van der Waals surface area contributed by atoms with E-state index in [9.17, 15) is 14.7 Å². The van der Waals surface area contributed by atoms with Crippen molar-refractivity contribution < 1.29 is 24.9 Å². The Labute approximate surface area is 95.5 Å². The zero-order chi connectivity index (χ0) is 12.6. The number of hydrogen-bond donors (Lipinski definition) is 3. The lowest BCUT2D eigenvalue weighted by molar-refractivity contribution is 0.0684. The molecule has 5 nitrogen and oxygen atoms in total. The highest BCUT2D eigenvalue weighted by molar-refractivity contribution is 6.11. The van der Waals surface area contributed by atoms with Crippen molar-refractivity contribution in [1.29, 1.82) is 0 Å². The van der Waals surface area contributed by atoms with Crippen LogP contribution in [-0.4, -0.2) is 27.3 Å². The highest BCUT2D eigenvalue weighted by Crippen LogP contribution is 2.29. The summed E-state index contributed by atoms with van der Waals surface area (Å²) in [6, 6.07) is 6.86. The molecular formula is C12H8O5. The van der Waals surface area contributed by atoms with Crippen molar-refractivity contribution in [1.82, 2.24) is 0 Å². The Morgan fingerprint density at radius 2 is 1.59 bits per heavy atom. The van der Waals surface area contributed by atoms with Crippen molar-refractivity contribution in [3.8, 4) is 5.75 Å². The minimum Gasteiger partial charge on any atom is -0.507 e. The molecule has 0 unspecified atom stereocenters. The van der Waals surface area contributed by atoms with Gasteiger partial charge in [0.2, 0.25) is 0 Å². The average Bonchev–Trinajstić information content (AvgIpc) is 2.26. The van der Waals surface area contributed by atoms with Crippen LogP contribution in [0, 0.1) is 0 Å². The molecule has 0 heterocycles. The van der Waals surface area contributed by atoms with Gasteiger partial charge in [0, 0.05) is 5.39 Å². The zero-order valence-corrected chi connectivity index (χ0v) is 8.54. The maximum absolute atomic E-state index is 11.0. The van der Waals surface area contributed by atoms with E-state index in [1.807, 2.05) is 0 Å². The van der Waals surface area contributed by atoms with Crippen LogP contribution in [0.2, 0.25) is 0 Å². The molecule has 0 bridgehead atoms. The van der Waals surface area contributed by atoms with E-state index in [-0.39, 0.29) is 27.6 Å². The van der Waals surface area contributed by atoms with Gasteiger partial charge in [0.05, 0.1) is 5.56 Å². The van der Waals surface area contributed by atoms with Crippen molar-refractivity contribution in [2.75, 3.05) is 0 Å². The number of carbonyl (C=O) groups is 2. The van der Waals surface area contributed by atoms with Gasteiger partial charge in [-0.25, -0.2) is 9.59 Å². The fraction of sp³-hybridized carbons (Fsp3) is 0. The van der Waals surface area contributed by atoms with Crippen molar-refractivity contribution >= 4 is 22.7 Å². The summed E-state index contributed by atoms with van der Waals surface area (Å²) in [6.45, 7) is 0. The van der Waals surface area contributed by atoms with Gasteiger partial charge in [0.15, 0.2) is 0 Å². The first-order chi connectivity index (χ1) is 8.02. The van der Waals surface area contributed by atoms with E-state index in [1.54, 1.807) is 0 Å². The Morgan fingerprint density at radius 3 is 2.18 bits per heavy atom. The number of aromatic carboxylic acids is 2. The van der Waals surface area contributed by atoms with Crippen LogP contribution in [0.25, 0.3) is 10.8 Å². The largest absolute Gasteiger partial charge is 0.507 e. The van der Waals surface area contributed by atoms with E-state index in [0.29, 0.717) is 0 Å². The summed E-state index contributed by atoms with van der Waals surface area (Å²) < 4.78 is 0. The van der Waals surface area contributed by atoms with E-state index in [2.05, 4.69) is 0 Å². The molecule has 0 spiro atoms. The van der Waals surface area contributed by atoms with Gasteiger partial charge in [-0.1, -0.05) is 12.1 Å². The molecule has 0 amide bonds. The second kappa shape index (κ2) is 3.79. The van der Waals surface area contributed by atoms with Crippen LogP contribution in [0.5, 0.6) is 5.75 Å². The molecular weight excluding hydrogens is 224 g/mol. The van der Waals surface area contributed by atoms with Gasteiger partial charge in [0.25, 0.3) is 0 Å². The lowest BCUT2D eigenvalue weighted by Gasteiger charge is -2.07. The van der Waals surface area contributed by atoms with Crippen LogP contribution in [0.15, 0.2) is 30.3 Å².